The highest BCUT2D eigenvalue weighted by Crippen LogP contribution is 2.25. The molecule has 4 rings (SSSR count). The average Bonchev–Trinajstić information content (AvgIpc) is 3.15. The maximum absolute atomic E-state index is 13.6. The number of hydrogen-bond acceptors (Lipinski definition) is 4. The Kier molecular flexibility index (Phi) is 6.31. The third-order valence-corrected chi connectivity index (χ3v) is 4.62. The van der Waals surface area contributed by atoms with Gasteiger partial charge in [-0.15, -0.1) is 0 Å². The number of nitrogens with zero attached hydrogens (tertiary/aromatic N) is 2. The largest absolute Gasteiger partial charge is 0.475 e. The second-order valence-electron chi connectivity index (χ2n) is 8.86. The zero-order chi connectivity index (χ0) is 23.8. The zero-order valence-electron chi connectivity index (χ0n) is 18.3. The van der Waals surface area contributed by atoms with E-state index in [9.17, 15) is 22.0 Å². The fourth-order valence-electron chi connectivity index (χ4n) is 3.14. The van der Waals surface area contributed by atoms with Crippen molar-refractivity contribution >= 4 is 11.8 Å². The number of halogens is 5. The Morgan fingerprint density at radius 3 is 1.41 bits per heavy atom. The molecule has 172 valence electrons. The summed E-state index contributed by atoms with van der Waals surface area (Å²) in [6.45, 7) is 9.65. The summed E-state index contributed by atoms with van der Waals surface area (Å²) in [5.41, 5.74) is -0.515. The Hall–Kier alpha value is -2.97. The highest BCUT2D eigenvalue weighted by molar-refractivity contribution is 5.97. The molecule has 0 spiro atoms. The molecule has 4 nitrogen and oxygen atoms in total. The summed E-state index contributed by atoms with van der Waals surface area (Å²) >= 11 is 0. The zero-order valence-corrected chi connectivity index (χ0v) is 18.3. The van der Waals surface area contributed by atoms with Gasteiger partial charge in [0.2, 0.25) is 11.8 Å². The van der Waals surface area contributed by atoms with E-state index < -0.39 is 40.2 Å². The van der Waals surface area contributed by atoms with Crippen molar-refractivity contribution in [3.63, 3.8) is 0 Å². The quantitative estimate of drug-likeness (QED) is 0.564. The van der Waals surface area contributed by atoms with Crippen LogP contribution in [0, 0.1) is 36.0 Å². The van der Waals surface area contributed by atoms with Crippen molar-refractivity contribution in [1.29, 1.82) is 0 Å². The predicted molar refractivity (Wildman–Crippen MR) is 111 cm³/mol. The van der Waals surface area contributed by atoms with Crippen LogP contribution in [0.2, 0.25) is 0 Å². The Morgan fingerprint density at radius 2 is 1.03 bits per heavy atom. The fourth-order valence-corrected chi connectivity index (χ4v) is 3.14. The van der Waals surface area contributed by atoms with Gasteiger partial charge in [0.25, 0.3) is 0 Å². The van der Waals surface area contributed by atoms with Crippen LogP contribution in [0.1, 0.15) is 44.4 Å². The fraction of sp³-hybridized carbons (Fsp3) is 0.391. The van der Waals surface area contributed by atoms with Crippen molar-refractivity contribution in [2.24, 2.45) is 9.98 Å². The highest BCUT2D eigenvalue weighted by atomic mass is 19.2. The summed E-state index contributed by atoms with van der Waals surface area (Å²) in [7, 11) is 0. The minimum Gasteiger partial charge on any atom is -0.475 e. The second-order valence-corrected chi connectivity index (χ2v) is 8.86. The maximum atomic E-state index is 13.6. The molecule has 2 aromatic carbocycles. The van der Waals surface area contributed by atoms with Crippen molar-refractivity contribution in [2.45, 2.75) is 45.7 Å². The lowest BCUT2D eigenvalue weighted by Crippen LogP contribution is -2.17. The molecule has 2 aliphatic rings. The second kappa shape index (κ2) is 8.52. The molecule has 0 saturated heterocycles. The van der Waals surface area contributed by atoms with E-state index in [-0.39, 0.29) is 29.5 Å². The molecule has 0 saturated carbocycles. The molecule has 2 heterocycles. The summed E-state index contributed by atoms with van der Waals surface area (Å²) in [4.78, 5) is 8.31. The van der Waals surface area contributed by atoms with Gasteiger partial charge in [0.15, 0.2) is 0 Å². The highest BCUT2D eigenvalue weighted by Gasteiger charge is 2.31. The van der Waals surface area contributed by atoms with Crippen LogP contribution in [-0.4, -0.2) is 36.1 Å². The first-order valence-electron chi connectivity index (χ1n) is 9.84. The molecule has 32 heavy (non-hydrogen) atoms. The Labute approximate surface area is 182 Å². The molecule has 0 aliphatic carbocycles. The summed E-state index contributed by atoms with van der Waals surface area (Å²) in [6.07, 6.45) is 0. The van der Waals surface area contributed by atoms with E-state index in [1.165, 1.54) is 6.07 Å². The third-order valence-electron chi connectivity index (χ3n) is 4.62. The van der Waals surface area contributed by atoms with E-state index in [1.807, 2.05) is 13.8 Å². The first-order valence-corrected chi connectivity index (χ1v) is 9.84. The topological polar surface area (TPSA) is 43.2 Å². The van der Waals surface area contributed by atoms with Crippen molar-refractivity contribution in [3.05, 3.63) is 70.0 Å². The van der Waals surface area contributed by atoms with Crippen molar-refractivity contribution < 1.29 is 31.4 Å². The van der Waals surface area contributed by atoms with Crippen LogP contribution in [0.5, 0.6) is 0 Å². The third kappa shape index (κ3) is 5.26. The number of hydrogen-bond donors (Lipinski definition) is 0. The van der Waals surface area contributed by atoms with E-state index in [0.717, 1.165) is 6.07 Å². The molecule has 0 unspecified atom stereocenters. The summed E-state index contributed by atoms with van der Waals surface area (Å²) < 4.78 is 76.4. The standard InChI is InChI=1S/C12H13F2NO.C11H10F3NO/c1-7-4-8(13)5-9(14)10(7)11-15-12(2,3)6-16-11;1-11(2)5-16-10(15-11)9-7(13)3-6(12)4-8(9)14/h4-5H,6H2,1-3H3;3-4H,5H2,1-2H3. The summed E-state index contributed by atoms with van der Waals surface area (Å²) in [5, 5.41) is 0. The number of aliphatic imine (C=N–C) groups is 2. The van der Waals surface area contributed by atoms with Crippen LogP contribution in [0.4, 0.5) is 22.0 Å². The van der Waals surface area contributed by atoms with E-state index in [2.05, 4.69) is 9.98 Å². The van der Waals surface area contributed by atoms with Gasteiger partial charge < -0.3 is 9.47 Å². The van der Waals surface area contributed by atoms with Crippen molar-refractivity contribution in [3.8, 4) is 0 Å². The molecule has 0 aromatic heterocycles. The van der Waals surface area contributed by atoms with Crippen LogP contribution >= 0.6 is 0 Å². The van der Waals surface area contributed by atoms with E-state index in [1.54, 1.807) is 20.8 Å². The SMILES string of the molecule is CC1(C)COC(c2c(F)cc(F)cc2F)=N1.Cc1cc(F)cc(F)c1C1=NC(C)(C)CO1. The van der Waals surface area contributed by atoms with Crippen LogP contribution in [0.25, 0.3) is 0 Å². The number of rotatable bonds is 2. The van der Waals surface area contributed by atoms with Gasteiger partial charge in [0, 0.05) is 18.2 Å². The van der Waals surface area contributed by atoms with Gasteiger partial charge >= 0.3 is 0 Å². The van der Waals surface area contributed by atoms with E-state index >= 15 is 0 Å². The molecule has 2 aliphatic heterocycles. The van der Waals surface area contributed by atoms with Crippen molar-refractivity contribution in [2.75, 3.05) is 13.2 Å². The molecule has 0 N–H and O–H groups in total. The Balaban J connectivity index is 0.000000181. The molecular weight excluding hydrogens is 431 g/mol. The van der Waals surface area contributed by atoms with Gasteiger partial charge in [-0.2, -0.15) is 0 Å². The minimum atomic E-state index is -1.01. The normalized spacial score (nSPS) is 18.2. The molecule has 9 heteroatoms. The Morgan fingerprint density at radius 1 is 0.656 bits per heavy atom. The van der Waals surface area contributed by atoms with Crippen LogP contribution in [0.3, 0.4) is 0 Å². The molecular formula is C23H23F5N2O2. The number of benzene rings is 2. The molecule has 2 aromatic rings. The van der Waals surface area contributed by atoms with Crippen LogP contribution in [-0.2, 0) is 9.47 Å². The molecule has 0 fully saturated rings. The van der Waals surface area contributed by atoms with Gasteiger partial charge in [-0.1, -0.05) is 0 Å². The molecule has 0 amide bonds. The lowest BCUT2D eigenvalue weighted by molar-refractivity contribution is 0.278. The van der Waals surface area contributed by atoms with Crippen LogP contribution < -0.4 is 0 Å². The van der Waals surface area contributed by atoms with Crippen molar-refractivity contribution in [1.82, 2.24) is 0 Å². The van der Waals surface area contributed by atoms with Gasteiger partial charge in [-0.25, -0.2) is 31.9 Å². The number of aryl methyl sites for hydroxylation is 1. The first kappa shape index (κ1) is 23.7. The van der Waals surface area contributed by atoms with E-state index in [0.29, 0.717) is 24.3 Å². The van der Waals surface area contributed by atoms with Crippen LogP contribution in [0.15, 0.2) is 34.3 Å². The van der Waals surface area contributed by atoms with Gasteiger partial charge in [0.05, 0.1) is 16.6 Å². The molecule has 0 bridgehead atoms. The molecule has 0 atom stereocenters. The smallest absolute Gasteiger partial charge is 0.222 e. The predicted octanol–water partition coefficient (Wildman–Crippen LogP) is 5.49. The molecule has 0 radical (unpaired) electrons. The number of ether oxygens (including phenoxy) is 2. The summed E-state index contributed by atoms with van der Waals surface area (Å²) in [5.74, 6) is -4.04. The maximum Gasteiger partial charge on any atom is 0.222 e. The van der Waals surface area contributed by atoms with Gasteiger partial charge in [-0.3, -0.25) is 0 Å². The lowest BCUT2D eigenvalue weighted by Gasteiger charge is -2.07. The first-order chi connectivity index (χ1) is 14.8. The van der Waals surface area contributed by atoms with Gasteiger partial charge in [-0.05, 0) is 46.2 Å². The monoisotopic (exact) mass is 454 g/mol. The van der Waals surface area contributed by atoms with Gasteiger partial charge in [0.1, 0.15) is 47.9 Å². The minimum absolute atomic E-state index is 0.111. The van der Waals surface area contributed by atoms with E-state index in [4.69, 9.17) is 9.47 Å². The summed E-state index contributed by atoms with van der Waals surface area (Å²) in [6, 6.07) is 3.33. The lowest BCUT2D eigenvalue weighted by atomic mass is 10.1. The average molecular weight is 454 g/mol. The Bertz CT molecular complexity index is 976.